The van der Waals surface area contributed by atoms with Crippen LogP contribution in [-0.4, -0.2) is 6.61 Å². The zero-order valence-electron chi connectivity index (χ0n) is 7.29. The Morgan fingerprint density at radius 3 is 2.54 bits per heavy atom. The van der Waals surface area contributed by atoms with E-state index in [0.717, 1.165) is 29.7 Å². The van der Waals surface area contributed by atoms with Crippen LogP contribution in [0.1, 0.15) is 18.4 Å². The summed E-state index contributed by atoms with van der Waals surface area (Å²) in [6.45, 7) is 0.849. The molecule has 0 radical (unpaired) electrons. The molecule has 2 heteroatoms. The van der Waals surface area contributed by atoms with Gasteiger partial charge in [-0.2, -0.15) is 0 Å². The van der Waals surface area contributed by atoms with Crippen molar-refractivity contribution >= 4 is 21.7 Å². The third-order valence-corrected chi connectivity index (χ3v) is 2.59. The highest BCUT2D eigenvalue weighted by atomic mass is 79.9. The molecular formula is C11H11BrO. The molecule has 1 nitrogen and oxygen atoms in total. The molecule has 0 aromatic heterocycles. The fraction of sp³-hybridized carbons (Fsp3) is 0.273. The fourth-order valence-electron chi connectivity index (χ4n) is 1.37. The Balaban J connectivity index is 2.24. The van der Waals surface area contributed by atoms with Gasteiger partial charge in [0, 0.05) is 10.0 Å². The van der Waals surface area contributed by atoms with Crippen LogP contribution in [0.2, 0.25) is 0 Å². The number of benzene rings is 1. The molecule has 0 spiro atoms. The van der Waals surface area contributed by atoms with Crippen LogP contribution in [0.4, 0.5) is 0 Å². The Morgan fingerprint density at radius 1 is 1.15 bits per heavy atom. The summed E-state index contributed by atoms with van der Waals surface area (Å²) in [7, 11) is 0. The molecule has 0 atom stereocenters. The number of hydrogen-bond donors (Lipinski definition) is 0. The molecule has 0 saturated heterocycles. The lowest BCUT2D eigenvalue weighted by atomic mass is 10.1. The topological polar surface area (TPSA) is 9.23 Å². The molecule has 1 aliphatic heterocycles. The van der Waals surface area contributed by atoms with Crippen LogP contribution in [0.25, 0.3) is 5.76 Å². The lowest BCUT2D eigenvalue weighted by Gasteiger charge is -2.14. The van der Waals surface area contributed by atoms with E-state index in [2.05, 4.69) is 34.1 Å². The molecule has 1 aromatic rings. The van der Waals surface area contributed by atoms with Gasteiger partial charge in [-0.15, -0.1) is 0 Å². The van der Waals surface area contributed by atoms with Crippen molar-refractivity contribution in [2.75, 3.05) is 6.61 Å². The van der Waals surface area contributed by atoms with Gasteiger partial charge in [0.2, 0.25) is 0 Å². The average molecular weight is 239 g/mol. The second-order valence-corrected chi connectivity index (χ2v) is 3.98. The highest BCUT2D eigenvalue weighted by Gasteiger charge is 2.05. The quantitative estimate of drug-likeness (QED) is 0.727. The molecule has 1 heterocycles. The summed E-state index contributed by atoms with van der Waals surface area (Å²) in [6.07, 6.45) is 4.43. The molecule has 0 bridgehead atoms. The molecule has 13 heavy (non-hydrogen) atoms. The number of ether oxygens (including phenoxy) is 1. The molecule has 0 unspecified atom stereocenters. The Bertz CT molecular complexity index is 313. The normalized spacial score (nSPS) is 16.2. The van der Waals surface area contributed by atoms with E-state index in [9.17, 15) is 0 Å². The van der Waals surface area contributed by atoms with Gasteiger partial charge in [0.25, 0.3) is 0 Å². The van der Waals surface area contributed by atoms with Gasteiger partial charge in [-0.25, -0.2) is 0 Å². The van der Waals surface area contributed by atoms with Crippen molar-refractivity contribution in [1.82, 2.24) is 0 Å². The second-order valence-electron chi connectivity index (χ2n) is 3.07. The minimum absolute atomic E-state index is 0.849. The summed E-state index contributed by atoms with van der Waals surface area (Å²) in [5, 5.41) is 0. The van der Waals surface area contributed by atoms with Crippen molar-refractivity contribution in [3.8, 4) is 0 Å². The van der Waals surface area contributed by atoms with Crippen LogP contribution in [0.15, 0.2) is 34.8 Å². The van der Waals surface area contributed by atoms with E-state index in [1.807, 2.05) is 12.1 Å². The maximum atomic E-state index is 5.55. The third kappa shape index (κ3) is 2.13. The van der Waals surface area contributed by atoms with Gasteiger partial charge in [-0.1, -0.05) is 28.1 Å². The highest BCUT2D eigenvalue weighted by molar-refractivity contribution is 9.10. The predicted octanol–water partition coefficient (Wildman–Crippen LogP) is 3.60. The lowest BCUT2D eigenvalue weighted by Crippen LogP contribution is -1.99. The minimum atomic E-state index is 0.849. The average Bonchev–Trinajstić information content (AvgIpc) is 2.20. The third-order valence-electron chi connectivity index (χ3n) is 2.06. The molecule has 0 saturated carbocycles. The maximum Gasteiger partial charge on any atom is 0.122 e. The molecule has 0 aliphatic carbocycles. The molecule has 68 valence electrons. The number of allylic oxidation sites excluding steroid dienone is 1. The Hall–Kier alpha value is -0.760. The van der Waals surface area contributed by atoms with Gasteiger partial charge < -0.3 is 4.74 Å². The van der Waals surface area contributed by atoms with E-state index < -0.39 is 0 Å². The van der Waals surface area contributed by atoms with Gasteiger partial charge in [0.1, 0.15) is 5.76 Å². The Kier molecular flexibility index (Phi) is 2.69. The van der Waals surface area contributed by atoms with Crippen molar-refractivity contribution in [2.24, 2.45) is 0 Å². The molecular weight excluding hydrogens is 228 g/mol. The van der Waals surface area contributed by atoms with Crippen LogP contribution in [0, 0.1) is 0 Å². The van der Waals surface area contributed by atoms with Crippen molar-refractivity contribution in [3.63, 3.8) is 0 Å². The first-order valence-corrected chi connectivity index (χ1v) is 5.24. The largest absolute Gasteiger partial charge is 0.493 e. The summed E-state index contributed by atoms with van der Waals surface area (Å²) in [5.74, 6) is 1.03. The Morgan fingerprint density at radius 2 is 1.92 bits per heavy atom. The zero-order chi connectivity index (χ0) is 9.10. The van der Waals surface area contributed by atoms with Crippen LogP contribution in [-0.2, 0) is 4.74 Å². The summed E-state index contributed by atoms with van der Waals surface area (Å²) in [4.78, 5) is 0. The van der Waals surface area contributed by atoms with Crippen molar-refractivity contribution in [2.45, 2.75) is 12.8 Å². The van der Waals surface area contributed by atoms with E-state index in [1.165, 1.54) is 5.56 Å². The van der Waals surface area contributed by atoms with E-state index in [-0.39, 0.29) is 0 Å². The van der Waals surface area contributed by atoms with Crippen molar-refractivity contribution < 1.29 is 4.74 Å². The van der Waals surface area contributed by atoms with E-state index in [0.29, 0.717) is 0 Å². The first kappa shape index (κ1) is 8.82. The van der Waals surface area contributed by atoms with Crippen LogP contribution < -0.4 is 0 Å². The van der Waals surface area contributed by atoms with Gasteiger partial charge in [0.15, 0.2) is 0 Å². The van der Waals surface area contributed by atoms with E-state index in [4.69, 9.17) is 4.74 Å². The minimum Gasteiger partial charge on any atom is -0.493 e. The molecule has 0 amide bonds. The SMILES string of the molecule is Brc1ccc(C2=CCCCO2)cc1. The summed E-state index contributed by atoms with van der Waals surface area (Å²) in [5.41, 5.74) is 1.17. The highest BCUT2D eigenvalue weighted by Crippen LogP contribution is 2.22. The summed E-state index contributed by atoms with van der Waals surface area (Å²) in [6, 6.07) is 8.21. The number of hydrogen-bond acceptors (Lipinski definition) is 1. The Labute approximate surface area is 86.5 Å². The van der Waals surface area contributed by atoms with Crippen molar-refractivity contribution in [3.05, 3.63) is 40.4 Å². The predicted molar refractivity (Wildman–Crippen MR) is 57.3 cm³/mol. The first-order chi connectivity index (χ1) is 6.36. The molecule has 0 N–H and O–H groups in total. The van der Waals surface area contributed by atoms with Crippen LogP contribution in [0.3, 0.4) is 0 Å². The van der Waals surface area contributed by atoms with Gasteiger partial charge in [-0.3, -0.25) is 0 Å². The molecule has 2 rings (SSSR count). The maximum absolute atomic E-state index is 5.55. The van der Waals surface area contributed by atoms with E-state index in [1.54, 1.807) is 0 Å². The second kappa shape index (κ2) is 3.97. The zero-order valence-corrected chi connectivity index (χ0v) is 8.88. The summed E-state index contributed by atoms with van der Waals surface area (Å²) >= 11 is 3.41. The van der Waals surface area contributed by atoms with Crippen LogP contribution >= 0.6 is 15.9 Å². The van der Waals surface area contributed by atoms with E-state index >= 15 is 0 Å². The summed E-state index contributed by atoms with van der Waals surface area (Å²) < 4.78 is 6.65. The first-order valence-electron chi connectivity index (χ1n) is 4.45. The monoisotopic (exact) mass is 238 g/mol. The van der Waals surface area contributed by atoms with Gasteiger partial charge in [0.05, 0.1) is 6.61 Å². The van der Waals surface area contributed by atoms with Gasteiger partial charge in [-0.05, 0) is 31.1 Å². The molecule has 0 fully saturated rings. The number of rotatable bonds is 1. The smallest absolute Gasteiger partial charge is 0.122 e. The fourth-order valence-corrected chi connectivity index (χ4v) is 1.64. The lowest BCUT2D eigenvalue weighted by molar-refractivity contribution is 0.259. The number of halogens is 1. The standard InChI is InChI=1S/C11H11BrO/c12-10-6-4-9(5-7-10)11-3-1-2-8-13-11/h3-7H,1-2,8H2. The molecule has 1 aliphatic rings. The van der Waals surface area contributed by atoms with Crippen molar-refractivity contribution in [1.29, 1.82) is 0 Å². The van der Waals surface area contributed by atoms with Gasteiger partial charge >= 0.3 is 0 Å². The molecule has 1 aromatic carbocycles. The van der Waals surface area contributed by atoms with Crippen LogP contribution in [0.5, 0.6) is 0 Å².